The predicted molar refractivity (Wildman–Crippen MR) is 74.8 cm³/mol. The van der Waals surface area contributed by atoms with Crippen molar-refractivity contribution in [3.8, 4) is 0 Å². The number of thiazole rings is 1. The molecule has 104 valence electrons. The molecule has 1 aromatic carbocycles. The number of hydrogen-bond donors (Lipinski definition) is 1. The quantitative estimate of drug-likeness (QED) is 0.804. The van der Waals surface area contributed by atoms with E-state index in [0.717, 1.165) is 16.7 Å². The lowest BCUT2D eigenvalue weighted by Crippen LogP contribution is -2.26. The molecule has 0 bridgehead atoms. The molecule has 1 atom stereocenters. The Morgan fingerprint density at radius 1 is 1.30 bits per heavy atom. The van der Waals surface area contributed by atoms with Crippen LogP contribution in [0.1, 0.15) is 11.3 Å². The van der Waals surface area contributed by atoms with Crippen LogP contribution in [0, 0.1) is 11.6 Å². The van der Waals surface area contributed by atoms with Crippen molar-refractivity contribution in [3.05, 3.63) is 58.9 Å². The maximum Gasteiger partial charge on any atom is 0.193 e. The number of aromatic nitrogens is 2. The van der Waals surface area contributed by atoms with E-state index in [1.807, 2.05) is 22.2 Å². The van der Waals surface area contributed by atoms with Crippen molar-refractivity contribution in [3.63, 3.8) is 0 Å². The zero-order valence-corrected chi connectivity index (χ0v) is 11.4. The van der Waals surface area contributed by atoms with Gasteiger partial charge in [0.15, 0.2) is 4.96 Å². The number of hydrogen-bond acceptors (Lipinski definition) is 3. The average molecular weight is 293 g/mol. The van der Waals surface area contributed by atoms with Crippen LogP contribution in [0.2, 0.25) is 0 Å². The SMILES string of the molecule is NC(Cc1cn2ccsc2n1)Cc1ccc(F)cc1F. The van der Waals surface area contributed by atoms with Gasteiger partial charge in [0.05, 0.1) is 5.69 Å². The van der Waals surface area contributed by atoms with E-state index >= 15 is 0 Å². The first-order valence-electron chi connectivity index (χ1n) is 6.22. The van der Waals surface area contributed by atoms with Crippen LogP contribution in [-0.4, -0.2) is 15.4 Å². The van der Waals surface area contributed by atoms with Crippen molar-refractivity contribution >= 4 is 16.3 Å². The monoisotopic (exact) mass is 293 g/mol. The van der Waals surface area contributed by atoms with Gasteiger partial charge in [-0.1, -0.05) is 6.07 Å². The topological polar surface area (TPSA) is 43.3 Å². The summed E-state index contributed by atoms with van der Waals surface area (Å²) < 4.78 is 28.3. The van der Waals surface area contributed by atoms with Gasteiger partial charge in [-0.3, -0.25) is 4.40 Å². The molecule has 0 fully saturated rings. The molecular weight excluding hydrogens is 280 g/mol. The van der Waals surface area contributed by atoms with Gasteiger partial charge in [-0.05, 0) is 18.1 Å². The average Bonchev–Trinajstić information content (AvgIpc) is 2.93. The Morgan fingerprint density at radius 2 is 2.15 bits per heavy atom. The van der Waals surface area contributed by atoms with Gasteiger partial charge >= 0.3 is 0 Å². The Hall–Kier alpha value is -1.79. The minimum atomic E-state index is -0.575. The van der Waals surface area contributed by atoms with E-state index in [2.05, 4.69) is 4.98 Å². The van der Waals surface area contributed by atoms with Crippen LogP contribution < -0.4 is 5.73 Å². The fraction of sp³-hybridized carbons (Fsp3) is 0.214. The molecular formula is C14H13F2N3S. The summed E-state index contributed by atoms with van der Waals surface area (Å²) in [5, 5.41) is 1.96. The molecule has 0 aliphatic rings. The molecule has 2 N–H and O–H groups in total. The molecule has 3 aromatic rings. The first-order valence-corrected chi connectivity index (χ1v) is 7.10. The second-order valence-electron chi connectivity index (χ2n) is 4.73. The minimum Gasteiger partial charge on any atom is -0.327 e. The minimum absolute atomic E-state index is 0.250. The number of nitrogens with zero attached hydrogens (tertiary/aromatic N) is 2. The number of rotatable bonds is 4. The highest BCUT2D eigenvalue weighted by atomic mass is 32.1. The van der Waals surface area contributed by atoms with Gasteiger partial charge in [-0.15, -0.1) is 11.3 Å². The van der Waals surface area contributed by atoms with Gasteiger partial charge in [0.2, 0.25) is 0 Å². The Labute approximate surface area is 118 Å². The highest BCUT2D eigenvalue weighted by Gasteiger charge is 2.12. The summed E-state index contributed by atoms with van der Waals surface area (Å²) in [7, 11) is 0. The van der Waals surface area contributed by atoms with Gasteiger partial charge in [0, 0.05) is 36.3 Å². The number of fused-ring (bicyclic) bond motifs is 1. The first kappa shape index (κ1) is 13.2. The molecule has 6 heteroatoms. The van der Waals surface area contributed by atoms with E-state index in [1.54, 1.807) is 11.3 Å². The molecule has 1 unspecified atom stereocenters. The summed E-state index contributed by atoms with van der Waals surface area (Å²) in [6, 6.07) is 3.32. The zero-order valence-electron chi connectivity index (χ0n) is 10.6. The van der Waals surface area contributed by atoms with Crippen LogP contribution in [0.5, 0.6) is 0 Å². The molecule has 0 radical (unpaired) electrons. The second-order valence-corrected chi connectivity index (χ2v) is 5.60. The van der Waals surface area contributed by atoms with Gasteiger partial charge in [0.1, 0.15) is 11.6 Å². The summed E-state index contributed by atoms with van der Waals surface area (Å²) in [6.45, 7) is 0. The van der Waals surface area contributed by atoms with Gasteiger partial charge < -0.3 is 5.73 Å². The maximum absolute atomic E-state index is 13.6. The van der Waals surface area contributed by atoms with Crippen molar-refractivity contribution in [2.75, 3.05) is 0 Å². The molecule has 0 aliphatic heterocycles. The Morgan fingerprint density at radius 3 is 2.90 bits per heavy atom. The van der Waals surface area contributed by atoms with Crippen LogP contribution in [0.3, 0.4) is 0 Å². The third kappa shape index (κ3) is 2.71. The molecule has 2 heterocycles. The van der Waals surface area contributed by atoms with Gasteiger partial charge in [-0.2, -0.15) is 0 Å². The molecule has 2 aromatic heterocycles. The third-order valence-electron chi connectivity index (χ3n) is 3.11. The lowest BCUT2D eigenvalue weighted by molar-refractivity contribution is 0.557. The number of imidazole rings is 1. The summed E-state index contributed by atoms with van der Waals surface area (Å²) in [6.07, 6.45) is 4.77. The van der Waals surface area contributed by atoms with E-state index in [4.69, 9.17) is 5.73 Å². The molecule has 3 rings (SSSR count). The van der Waals surface area contributed by atoms with Crippen molar-refractivity contribution in [2.45, 2.75) is 18.9 Å². The predicted octanol–water partition coefficient (Wildman–Crippen LogP) is 2.79. The summed E-state index contributed by atoms with van der Waals surface area (Å²) in [5.74, 6) is -1.12. The summed E-state index contributed by atoms with van der Waals surface area (Å²) >= 11 is 1.55. The zero-order chi connectivity index (χ0) is 14.1. The summed E-state index contributed by atoms with van der Waals surface area (Å²) in [5.41, 5.74) is 7.34. The van der Waals surface area contributed by atoms with Crippen LogP contribution in [0.15, 0.2) is 36.0 Å². The molecule has 3 nitrogen and oxygen atoms in total. The van der Waals surface area contributed by atoms with Crippen molar-refractivity contribution < 1.29 is 8.78 Å². The van der Waals surface area contributed by atoms with Crippen LogP contribution in [0.4, 0.5) is 8.78 Å². The molecule has 0 saturated carbocycles. The van der Waals surface area contributed by atoms with E-state index < -0.39 is 11.6 Å². The van der Waals surface area contributed by atoms with E-state index in [-0.39, 0.29) is 6.04 Å². The standard InChI is InChI=1S/C14H13F2N3S/c15-10-2-1-9(13(16)6-10)5-11(17)7-12-8-19-3-4-20-14(19)18-12/h1-4,6,8,11H,5,7,17H2. The normalized spacial score (nSPS) is 12.9. The fourth-order valence-corrected chi connectivity index (χ4v) is 2.90. The van der Waals surface area contributed by atoms with Crippen LogP contribution >= 0.6 is 11.3 Å². The van der Waals surface area contributed by atoms with Crippen LogP contribution in [0.25, 0.3) is 4.96 Å². The first-order chi connectivity index (χ1) is 9.61. The molecule has 0 saturated heterocycles. The van der Waals surface area contributed by atoms with Crippen molar-refractivity contribution in [1.29, 1.82) is 0 Å². The van der Waals surface area contributed by atoms with Gasteiger partial charge in [-0.25, -0.2) is 13.8 Å². The smallest absolute Gasteiger partial charge is 0.193 e. The highest BCUT2D eigenvalue weighted by Crippen LogP contribution is 2.15. The lowest BCUT2D eigenvalue weighted by atomic mass is 10.0. The summed E-state index contributed by atoms with van der Waals surface area (Å²) in [4.78, 5) is 5.36. The third-order valence-corrected chi connectivity index (χ3v) is 3.88. The van der Waals surface area contributed by atoms with Crippen molar-refractivity contribution in [2.24, 2.45) is 5.73 Å². The molecule has 20 heavy (non-hydrogen) atoms. The molecule has 0 aliphatic carbocycles. The van der Waals surface area contributed by atoms with E-state index in [9.17, 15) is 8.78 Å². The maximum atomic E-state index is 13.6. The van der Waals surface area contributed by atoms with Gasteiger partial charge in [0.25, 0.3) is 0 Å². The second kappa shape index (κ2) is 5.30. The Bertz CT molecular complexity index is 706. The lowest BCUT2D eigenvalue weighted by Gasteiger charge is -2.10. The van der Waals surface area contributed by atoms with E-state index in [1.165, 1.54) is 12.1 Å². The largest absolute Gasteiger partial charge is 0.327 e. The Kier molecular flexibility index (Phi) is 3.50. The Balaban J connectivity index is 1.70. The number of nitrogens with two attached hydrogens (primary N) is 1. The molecule has 0 spiro atoms. The highest BCUT2D eigenvalue weighted by molar-refractivity contribution is 7.15. The van der Waals surface area contributed by atoms with Crippen molar-refractivity contribution in [1.82, 2.24) is 9.38 Å². The van der Waals surface area contributed by atoms with E-state index in [0.29, 0.717) is 18.4 Å². The molecule has 0 amide bonds. The van der Waals surface area contributed by atoms with Crippen LogP contribution in [-0.2, 0) is 12.8 Å². The number of halogens is 2. The fourth-order valence-electron chi connectivity index (χ4n) is 2.18. The number of benzene rings is 1.